The summed E-state index contributed by atoms with van der Waals surface area (Å²) in [5.74, 6) is -0.451. The van der Waals surface area contributed by atoms with E-state index < -0.39 is 12.0 Å². The molecular formula is C11H20N2O4. The summed E-state index contributed by atoms with van der Waals surface area (Å²) in [4.78, 5) is 24.7. The molecule has 98 valence electrons. The van der Waals surface area contributed by atoms with E-state index in [4.69, 9.17) is 4.74 Å². The summed E-state index contributed by atoms with van der Waals surface area (Å²) >= 11 is 0. The fourth-order valence-corrected chi connectivity index (χ4v) is 1.86. The summed E-state index contributed by atoms with van der Waals surface area (Å²) in [7, 11) is 1.30. The summed E-state index contributed by atoms with van der Waals surface area (Å²) < 4.78 is 10.1. The van der Waals surface area contributed by atoms with Crippen LogP contribution in [0.15, 0.2) is 0 Å². The van der Waals surface area contributed by atoms with Gasteiger partial charge in [-0.1, -0.05) is 0 Å². The lowest BCUT2D eigenvalue weighted by atomic mass is 10.2. The maximum absolute atomic E-state index is 11.9. The van der Waals surface area contributed by atoms with Gasteiger partial charge in [-0.2, -0.15) is 0 Å². The average Bonchev–Trinajstić information content (AvgIpc) is 2.26. The second kappa shape index (κ2) is 5.86. The van der Waals surface area contributed by atoms with Gasteiger partial charge in [0.15, 0.2) is 0 Å². The molecule has 1 rings (SSSR count). The van der Waals surface area contributed by atoms with Crippen LogP contribution in [0.3, 0.4) is 0 Å². The van der Waals surface area contributed by atoms with Gasteiger partial charge in [-0.15, -0.1) is 0 Å². The molecule has 0 saturated carbocycles. The van der Waals surface area contributed by atoms with E-state index in [0.29, 0.717) is 13.1 Å². The highest BCUT2D eigenvalue weighted by molar-refractivity contribution is 5.83. The Morgan fingerprint density at radius 2 is 1.88 bits per heavy atom. The molecule has 0 aliphatic carbocycles. The number of esters is 1. The summed E-state index contributed by atoms with van der Waals surface area (Å²) in [6, 6.07) is -0.897. The van der Waals surface area contributed by atoms with Crippen LogP contribution in [0.5, 0.6) is 0 Å². The van der Waals surface area contributed by atoms with Crippen molar-refractivity contribution in [1.29, 1.82) is 0 Å². The number of amides is 2. The highest BCUT2D eigenvalue weighted by Crippen LogP contribution is 2.10. The van der Waals surface area contributed by atoms with Crippen LogP contribution in [0.25, 0.3) is 0 Å². The minimum absolute atomic E-state index is 0.0120. The Bertz CT molecular complexity index is 285. The topological polar surface area (TPSA) is 67.9 Å². The summed E-state index contributed by atoms with van der Waals surface area (Å²) in [6.07, 6.45) is 0.0239. The molecule has 0 radical (unpaired) electrons. The Balaban J connectivity index is 2.49. The van der Waals surface area contributed by atoms with Gasteiger partial charge in [0.1, 0.15) is 6.04 Å². The van der Waals surface area contributed by atoms with E-state index in [0.717, 1.165) is 0 Å². The molecular weight excluding hydrogens is 224 g/mol. The van der Waals surface area contributed by atoms with Gasteiger partial charge in [-0.05, 0) is 20.8 Å². The molecule has 1 aliphatic rings. The largest absolute Gasteiger partial charge is 0.467 e. The van der Waals surface area contributed by atoms with Gasteiger partial charge in [0.05, 0.1) is 19.3 Å². The number of nitrogens with zero attached hydrogens (tertiary/aromatic N) is 1. The van der Waals surface area contributed by atoms with Crippen molar-refractivity contribution in [2.45, 2.75) is 39.0 Å². The predicted octanol–water partition coefficient (Wildman–Crippen LogP) is 0.367. The van der Waals surface area contributed by atoms with Crippen molar-refractivity contribution in [2.24, 2.45) is 0 Å². The second-order valence-corrected chi connectivity index (χ2v) is 4.36. The lowest BCUT2D eigenvalue weighted by molar-refractivity contribution is -0.142. The number of rotatable bonds is 2. The molecule has 2 amide bonds. The normalized spacial score (nSPS) is 26.2. The van der Waals surface area contributed by atoms with Crippen molar-refractivity contribution < 1.29 is 19.1 Å². The van der Waals surface area contributed by atoms with Crippen LogP contribution in [0.2, 0.25) is 0 Å². The molecule has 17 heavy (non-hydrogen) atoms. The Kier molecular flexibility index (Phi) is 4.74. The molecule has 0 aromatic heterocycles. The number of methoxy groups -OCH3 is 1. The predicted molar refractivity (Wildman–Crippen MR) is 61.6 cm³/mol. The average molecular weight is 244 g/mol. The van der Waals surface area contributed by atoms with Gasteiger partial charge < -0.3 is 19.7 Å². The first-order valence-corrected chi connectivity index (χ1v) is 5.72. The second-order valence-electron chi connectivity index (χ2n) is 4.36. The van der Waals surface area contributed by atoms with Crippen molar-refractivity contribution in [3.8, 4) is 0 Å². The molecule has 6 heteroatoms. The van der Waals surface area contributed by atoms with Crippen molar-refractivity contribution in [1.82, 2.24) is 10.2 Å². The highest BCUT2D eigenvalue weighted by atomic mass is 16.5. The monoisotopic (exact) mass is 244 g/mol. The molecule has 0 unspecified atom stereocenters. The number of hydrogen-bond acceptors (Lipinski definition) is 4. The zero-order valence-electron chi connectivity index (χ0n) is 10.7. The van der Waals surface area contributed by atoms with Crippen LogP contribution in [0.1, 0.15) is 20.8 Å². The smallest absolute Gasteiger partial charge is 0.328 e. The fourth-order valence-electron chi connectivity index (χ4n) is 1.86. The highest BCUT2D eigenvalue weighted by Gasteiger charge is 2.27. The summed E-state index contributed by atoms with van der Waals surface area (Å²) in [5.41, 5.74) is 0. The number of carbonyl (C=O) groups excluding carboxylic acids is 2. The Morgan fingerprint density at radius 3 is 2.35 bits per heavy atom. The van der Waals surface area contributed by atoms with E-state index >= 15 is 0 Å². The first kappa shape index (κ1) is 13.8. The van der Waals surface area contributed by atoms with Gasteiger partial charge >= 0.3 is 12.0 Å². The van der Waals surface area contributed by atoms with E-state index in [1.807, 2.05) is 13.8 Å². The van der Waals surface area contributed by atoms with Gasteiger partial charge in [0.2, 0.25) is 0 Å². The van der Waals surface area contributed by atoms with Gasteiger partial charge in [0.25, 0.3) is 0 Å². The molecule has 0 aromatic carbocycles. The molecule has 3 atom stereocenters. The van der Waals surface area contributed by atoms with E-state index in [-0.39, 0.29) is 18.2 Å². The van der Waals surface area contributed by atoms with Crippen molar-refractivity contribution in [3.05, 3.63) is 0 Å². The van der Waals surface area contributed by atoms with Crippen LogP contribution in [0.4, 0.5) is 4.79 Å². The van der Waals surface area contributed by atoms with Gasteiger partial charge in [0, 0.05) is 13.1 Å². The van der Waals surface area contributed by atoms with Crippen LogP contribution in [-0.2, 0) is 14.3 Å². The minimum Gasteiger partial charge on any atom is -0.467 e. The van der Waals surface area contributed by atoms with Crippen LogP contribution in [-0.4, -0.2) is 55.3 Å². The number of urea groups is 1. The Morgan fingerprint density at radius 1 is 1.35 bits per heavy atom. The van der Waals surface area contributed by atoms with E-state index in [1.54, 1.807) is 11.8 Å². The number of carbonyl (C=O) groups is 2. The van der Waals surface area contributed by atoms with Gasteiger partial charge in [-0.25, -0.2) is 9.59 Å². The van der Waals surface area contributed by atoms with E-state index in [9.17, 15) is 9.59 Å². The third-order valence-corrected chi connectivity index (χ3v) is 2.60. The maximum atomic E-state index is 11.9. The standard InChI is InChI=1S/C11H20N2O4/c1-7-5-13(6-8(2)17-7)11(15)12-9(3)10(14)16-4/h7-9H,5-6H2,1-4H3,(H,12,15)/t7-,8-,9-/m0/s1. The zero-order valence-corrected chi connectivity index (χ0v) is 10.7. The van der Waals surface area contributed by atoms with Crippen molar-refractivity contribution >= 4 is 12.0 Å². The number of nitrogens with one attached hydrogen (secondary N) is 1. The first-order chi connectivity index (χ1) is 7.93. The SMILES string of the molecule is COC(=O)[C@H](C)NC(=O)N1C[C@H](C)O[C@@H](C)C1. The summed E-state index contributed by atoms with van der Waals surface area (Å²) in [5, 5.41) is 2.60. The quantitative estimate of drug-likeness (QED) is 0.712. The molecule has 6 nitrogen and oxygen atoms in total. The molecule has 0 bridgehead atoms. The zero-order chi connectivity index (χ0) is 13.0. The summed E-state index contributed by atoms with van der Waals surface area (Å²) in [6.45, 7) is 6.49. The lowest BCUT2D eigenvalue weighted by Crippen LogP contribution is -2.54. The van der Waals surface area contributed by atoms with Crippen molar-refractivity contribution in [2.75, 3.05) is 20.2 Å². The van der Waals surface area contributed by atoms with Gasteiger partial charge in [-0.3, -0.25) is 0 Å². The maximum Gasteiger partial charge on any atom is 0.328 e. The lowest BCUT2D eigenvalue weighted by Gasteiger charge is -2.35. The molecule has 1 saturated heterocycles. The third kappa shape index (κ3) is 3.89. The Labute approximate surface area is 101 Å². The van der Waals surface area contributed by atoms with Crippen LogP contribution < -0.4 is 5.32 Å². The number of morpholine rings is 1. The molecule has 1 fully saturated rings. The number of ether oxygens (including phenoxy) is 2. The third-order valence-electron chi connectivity index (χ3n) is 2.60. The fraction of sp³-hybridized carbons (Fsp3) is 0.818. The number of hydrogen-bond donors (Lipinski definition) is 1. The minimum atomic E-state index is -0.638. The van der Waals surface area contributed by atoms with Crippen LogP contribution in [0, 0.1) is 0 Å². The molecule has 1 aliphatic heterocycles. The first-order valence-electron chi connectivity index (χ1n) is 5.72. The van der Waals surface area contributed by atoms with Crippen LogP contribution >= 0.6 is 0 Å². The van der Waals surface area contributed by atoms with E-state index in [1.165, 1.54) is 7.11 Å². The Hall–Kier alpha value is -1.30. The van der Waals surface area contributed by atoms with Crippen molar-refractivity contribution in [3.63, 3.8) is 0 Å². The molecule has 1 heterocycles. The molecule has 1 N–H and O–H groups in total. The van der Waals surface area contributed by atoms with E-state index in [2.05, 4.69) is 10.1 Å². The molecule has 0 aromatic rings. The molecule has 0 spiro atoms.